The zero-order valence-corrected chi connectivity index (χ0v) is 7.32. The highest BCUT2D eigenvalue weighted by molar-refractivity contribution is 7.80. The van der Waals surface area contributed by atoms with Gasteiger partial charge in [-0.25, -0.2) is 0 Å². The molecule has 0 aliphatic rings. The van der Waals surface area contributed by atoms with Gasteiger partial charge < -0.3 is 5.73 Å². The highest BCUT2D eigenvalue weighted by atomic mass is 32.1. The highest BCUT2D eigenvalue weighted by Gasteiger charge is 1.95. The highest BCUT2D eigenvalue weighted by Crippen LogP contribution is 2.05. The van der Waals surface area contributed by atoms with Crippen LogP contribution in [0.15, 0.2) is 24.3 Å². The molecular weight excluding hydrogens is 154 g/mol. The standard InChI is InChI=1S/C9H11NS/c1-2-7-4-3-5-8(6-7)9(10)11/h3-6H,2H2,1H3,(H2,10,11). The van der Waals surface area contributed by atoms with Crippen LogP contribution in [-0.2, 0) is 6.42 Å². The van der Waals surface area contributed by atoms with Crippen molar-refractivity contribution in [1.82, 2.24) is 0 Å². The molecule has 2 heteroatoms. The molecule has 0 spiro atoms. The van der Waals surface area contributed by atoms with E-state index in [1.807, 2.05) is 18.2 Å². The molecule has 11 heavy (non-hydrogen) atoms. The van der Waals surface area contributed by atoms with Gasteiger partial charge in [0.1, 0.15) is 4.99 Å². The maximum atomic E-state index is 5.47. The van der Waals surface area contributed by atoms with Crippen molar-refractivity contribution in [3.8, 4) is 0 Å². The van der Waals surface area contributed by atoms with Crippen molar-refractivity contribution in [3.63, 3.8) is 0 Å². The molecule has 0 saturated carbocycles. The molecule has 0 saturated heterocycles. The van der Waals surface area contributed by atoms with Crippen molar-refractivity contribution >= 4 is 17.2 Å². The molecule has 0 aliphatic carbocycles. The van der Waals surface area contributed by atoms with E-state index < -0.39 is 0 Å². The molecule has 1 rings (SSSR count). The average molecular weight is 165 g/mol. The number of thiocarbonyl (C=S) groups is 1. The minimum Gasteiger partial charge on any atom is -0.389 e. The van der Waals surface area contributed by atoms with E-state index in [0.29, 0.717) is 4.99 Å². The van der Waals surface area contributed by atoms with Gasteiger partial charge in [-0.3, -0.25) is 0 Å². The van der Waals surface area contributed by atoms with Crippen LogP contribution in [0, 0.1) is 0 Å². The molecule has 0 aromatic heterocycles. The van der Waals surface area contributed by atoms with Crippen molar-refractivity contribution in [2.45, 2.75) is 13.3 Å². The summed E-state index contributed by atoms with van der Waals surface area (Å²) in [5.41, 5.74) is 7.70. The minimum absolute atomic E-state index is 0.473. The lowest BCUT2D eigenvalue weighted by Gasteiger charge is -1.99. The molecular formula is C9H11NS. The molecule has 1 aromatic rings. The van der Waals surface area contributed by atoms with Gasteiger partial charge in [0.25, 0.3) is 0 Å². The van der Waals surface area contributed by atoms with Gasteiger partial charge in [0.05, 0.1) is 0 Å². The molecule has 0 heterocycles. The van der Waals surface area contributed by atoms with Crippen molar-refractivity contribution in [3.05, 3.63) is 35.4 Å². The molecule has 0 fully saturated rings. The summed E-state index contributed by atoms with van der Waals surface area (Å²) in [6.45, 7) is 2.11. The van der Waals surface area contributed by atoms with Crippen molar-refractivity contribution < 1.29 is 0 Å². The normalized spacial score (nSPS) is 9.55. The van der Waals surface area contributed by atoms with E-state index in [0.717, 1.165) is 12.0 Å². The van der Waals surface area contributed by atoms with Gasteiger partial charge in [0.15, 0.2) is 0 Å². The van der Waals surface area contributed by atoms with Crippen molar-refractivity contribution in [1.29, 1.82) is 0 Å². The molecule has 1 aromatic carbocycles. The van der Waals surface area contributed by atoms with Gasteiger partial charge in [-0.15, -0.1) is 0 Å². The number of hydrogen-bond donors (Lipinski definition) is 1. The fourth-order valence-electron chi connectivity index (χ4n) is 0.945. The molecule has 0 amide bonds. The minimum atomic E-state index is 0.473. The van der Waals surface area contributed by atoms with Crippen LogP contribution in [0.3, 0.4) is 0 Å². The smallest absolute Gasteiger partial charge is 0.103 e. The maximum absolute atomic E-state index is 5.47. The van der Waals surface area contributed by atoms with Crippen LogP contribution in [0.1, 0.15) is 18.1 Å². The number of benzene rings is 1. The Labute approximate surface area is 72.2 Å². The lowest BCUT2D eigenvalue weighted by Crippen LogP contribution is -2.09. The Hall–Kier alpha value is -0.890. The fraction of sp³-hybridized carbons (Fsp3) is 0.222. The third-order valence-electron chi connectivity index (χ3n) is 1.62. The first-order valence-corrected chi connectivity index (χ1v) is 4.03. The van der Waals surface area contributed by atoms with E-state index >= 15 is 0 Å². The summed E-state index contributed by atoms with van der Waals surface area (Å²) in [6.07, 6.45) is 1.02. The van der Waals surface area contributed by atoms with E-state index in [4.69, 9.17) is 18.0 Å². The van der Waals surface area contributed by atoms with Gasteiger partial charge in [-0.05, 0) is 18.1 Å². The molecule has 2 N–H and O–H groups in total. The van der Waals surface area contributed by atoms with E-state index in [-0.39, 0.29) is 0 Å². The van der Waals surface area contributed by atoms with Crippen LogP contribution in [0.2, 0.25) is 0 Å². The summed E-state index contributed by atoms with van der Waals surface area (Å²) in [7, 11) is 0. The molecule has 58 valence electrons. The summed E-state index contributed by atoms with van der Waals surface area (Å²) in [6, 6.07) is 8.01. The third kappa shape index (κ3) is 2.02. The summed E-state index contributed by atoms with van der Waals surface area (Å²) >= 11 is 4.85. The van der Waals surface area contributed by atoms with Gasteiger partial charge in [0.2, 0.25) is 0 Å². The van der Waals surface area contributed by atoms with Crippen LogP contribution >= 0.6 is 12.2 Å². The summed E-state index contributed by atoms with van der Waals surface area (Å²) < 4.78 is 0. The Morgan fingerprint density at radius 1 is 1.55 bits per heavy atom. The molecule has 1 nitrogen and oxygen atoms in total. The summed E-state index contributed by atoms with van der Waals surface area (Å²) in [5, 5.41) is 0. The lowest BCUT2D eigenvalue weighted by molar-refractivity contribution is 1.14. The molecule has 0 atom stereocenters. The largest absolute Gasteiger partial charge is 0.389 e. The van der Waals surface area contributed by atoms with Gasteiger partial charge in [0, 0.05) is 5.56 Å². The van der Waals surface area contributed by atoms with E-state index in [9.17, 15) is 0 Å². The second-order valence-corrected chi connectivity index (χ2v) is 2.86. The SMILES string of the molecule is CCc1cccc(C(N)=S)c1. The Balaban J connectivity index is 3.01. The van der Waals surface area contributed by atoms with E-state index in [1.54, 1.807) is 0 Å². The Bertz CT molecular complexity index is 268. The molecule has 0 unspecified atom stereocenters. The van der Waals surface area contributed by atoms with Gasteiger partial charge in [-0.1, -0.05) is 37.3 Å². The number of rotatable bonds is 2. The van der Waals surface area contributed by atoms with Crippen LogP contribution < -0.4 is 5.73 Å². The van der Waals surface area contributed by atoms with Gasteiger partial charge >= 0.3 is 0 Å². The van der Waals surface area contributed by atoms with Gasteiger partial charge in [-0.2, -0.15) is 0 Å². The maximum Gasteiger partial charge on any atom is 0.103 e. The second kappa shape index (κ2) is 3.49. The first-order chi connectivity index (χ1) is 5.24. The summed E-state index contributed by atoms with van der Waals surface area (Å²) in [5.74, 6) is 0. The second-order valence-electron chi connectivity index (χ2n) is 2.42. The van der Waals surface area contributed by atoms with Crippen molar-refractivity contribution in [2.75, 3.05) is 0 Å². The Kier molecular flexibility index (Phi) is 2.60. The Morgan fingerprint density at radius 3 is 2.82 bits per heavy atom. The monoisotopic (exact) mass is 165 g/mol. The number of hydrogen-bond acceptors (Lipinski definition) is 1. The number of nitrogens with two attached hydrogens (primary N) is 1. The van der Waals surface area contributed by atoms with Crippen LogP contribution in [-0.4, -0.2) is 4.99 Å². The predicted molar refractivity (Wildman–Crippen MR) is 51.7 cm³/mol. The quantitative estimate of drug-likeness (QED) is 0.677. The zero-order chi connectivity index (χ0) is 8.27. The lowest BCUT2D eigenvalue weighted by atomic mass is 10.1. The number of aryl methyl sites for hydroxylation is 1. The average Bonchev–Trinajstić information content (AvgIpc) is 2.05. The van der Waals surface area contributed by atoms with E-state index in [1.165, 1.54) is 5.56 Å². The van der Waals surface area contributed by atoms with Crippen LogP contribution in [0.4, 0.5) is 0 Å². The molecule has 0 radical (unpaired) electrons. The zero-order valence-electron chi connectivity index (χ0n) is 6.50. The summed E-state index contributed by atoms with van der Waals surface area (Å²) in [4.78, 5) is 0.473. The Morgan fingerprint density at radius 2 is 2.27 bits per heavy atom. The van der Waals surface area contributed by atoms with Crippen LogP contribution in [0.25, 0.3) is 0 Å². The first kappa shape index (κ1) is 8.21. The molecule has 0 aliphatic heterocycles. The van der Waals surface area contributed by atoms with Crippen molar-refractivity contribution in [2.24, 2.45) is 5.73 Å². The predicted octanol–water partition coefficient (Wildman–Crippen LogP) is 1.88. The molecule has 0 bridgehead atoms. The topological polar surface area (TPSA) is 26.0 Å². The third-order valence-corrected chi connectivity index (χ3v) is 1.86. The van der Waals surface area contributed by atoms with Crippen LogP contribution in [0.5, 0.6) is 0 Å². The first-order valence-electron chi connectivity index (χ1n) is 3.62. The van der Waals surface area contributed by atoms with E-state index in [2.05, 4.69) is 13.0 Å². The fourth-order valence-corrected chi connectivity index (χ4v) is 1.07.